The van der Waals surface area contributed by atoms with Gasteiger partial charge in [-0.1, -0.05) is 26.7 Å². The molecule has 3 heteroatoms. The second-order valence-corrected chi connectivity index (χ2v) is 4.74. The van der Waals surface area contributed by atoms with E-state index in [1.54, 1.807) is 19.2 Å². The maximum atomic E-state index is 9.88. The van der Waals surface area contributed by atoms with E-state index in [2.05, 4.69) is 26.1 Å². The van der Waals surface area contributed by atoms with Crippen molar-refractivity contribution < 1.29 is 9.84 Å². The molecule has 1 aromatic rings. The molecular weight excluding hydrogens is 226 g/mol. The molecule has 0 radical (unpaired) electrons. The maximum Gasteiger partial charge on any atom is 0.120 e. The summed E-state index contributed by atoms with van der Waals surface area (Å²) in [6.07, 6.45) is 2.36. The lowest BCUT2D eigenvalue weighted by Gasteiger charge is -2.20. The highest BCUT2D eigenvalue weighted by atomic mass is 16.5. The molecule has 1 atom stereocenters. The highest BCUT2D eigenvalue weighted by Gasteiger charge is 2.12. The molecule has 0 aromatic heterocycles. The summed E-state index contributed by atoms with van der Waals surface area (Å²) in [4.78, 5) is 0. The van der Waals surface area contributed by atoms with Crippen LogP contribution in [-0.2, 0) is 0 Å². The SMILES string of the molecule is CCC(CC)CNC(C)c1cc(OC)ccc1O. The van der Waals surface area contributed by atoms with Crippen molar-refractivity contribution in [1.29, 1.82) is 0 Å². The van der Waals surface area contributed by atoms with Crippen molar-refractivity contribution in [2.75, 3.05) is 13.7 Å². The molecule has 1 rings (SSSR count). The minimum atomic E-state index is 0.126. The van der Waals surface area contributed by atoms with Gasteiger partial charge in [0, 0.05) is 11.6 Å². The summed E-state index contributed by atoms with van der Waals surface area (Å²) in [5.74, 6) is 1.79. The minimum Gasteiger partial charge on any atom is -0.508 e. The molecule has 1 unspecified atom stereocenters. The number of benzene rings is 1. The van der Waals surface area contributed by atoms with E-state index in [0.717, 1.165) is 17.9 Å². The number of rotatable bonds is 7. The molecule has 0 heterocycles. The van der Waals surface area contributed by atoms with E-state index in [4.69, 9.17) is 4.74 Å². The van der Waals surface area contributed by atoms with E-state index in [0.29, 0.717) is 11.7 Å². The fourth-order valence-corrected chi connectivity index (χ4v) is 2.04. The second-order valence-electron chi connectivity index (χ2n) is 4.74. The quantitative estimate of drug-likeness (QED) is 0.779. The Bertz CT molecular complexity index is 362. The normalized spacial score (nSPS) is 12.7. The summed E-state index contributed by atoms with van der Waals surface area (Å²) in [6, 6.07) is 5.47. The molecule has 0 saturated heterocycles. The first-order valence-electron chi connectivity index (χ1n) is 6.72. The molecule has 0 aliphatic heterocycles. The Labute approximate surface area is 110 Å². The first-order valence-corrected chi connectivity index (χ1v) is 6.72. The van der Waals surface area contributed by atoms with Crippen molar-refractivity contribution in [3.8, 4) is 11.5 Å². The zero-order valence-corrected chi connectivity index (χ0v) is 11.9. The van der Waals surface area contributed by atoms with Crippen molar-refractivity contribution >= 4 is 0 Å². The predicted molar refractivity (Wildman–Crippen MR) is 75.1 cm³/mol. The van der Waals surface area contributed by atoms with Crippen LogP contribution in [0.15, 0.2) is 18.2 Å². The number of methoxy groups -OCH3 is 1. The van der Waals surface area contributed by atoms with Gasteiger partial charge >= 0.3 is 0 Å². The zero-order valence-electron chi connectivity index (χ0n) is 11.9. The smallest absolute Gasteiger partial charge is 0.120 e. The van der Waals surface area contributed by atoms with Crippen molar-refractivity contribution in [3.05, 3.63) is 23.8 Å². The maximum absolute atomic E-state index is 9.88. The van der Waals surface area contributed by atoms with Gasteiger partial charge in [-0.3, -0.25) is 0 Å². The topological polar surface area (TPSA) is 41.5 Å². The first-order chi connectivity index (χ1) is 8.62. The largest absolute Gasteiger partial charge is 0.508 e. The molecule has 0 aliphatic carbocycles. The predicted octanol–water partition coefficient (Wildman–Crippen LogP) is 3.49. The van der Waals surface area contributed by atoms with Crippen LogP contribution in [0.5, 0.6) is 11.5 Å². The Kier molecular flexibility index (Phi) is 5.99. The van der Waals surface area contributed by atoms with Crippen LogP contribution in [-0.4, -0.2) is 18.8 Å². The molecule has 2 N–H and O–H groups in total. The third-order valence-electron chi connectivity index (χ3n) is 3.57. The van der Waals surface area contributed by atoms with E-state index in [1.165, 1.54) is 12.8 Å². The summed E-state index contributed by atoms with van der Waals surface area (Å²) < 4.78 is 5.19. The molecule has 0 fully saturated rings. The number of ether oxygens (including phenoxy) is 1. The summed E-state index contributed by atoms with van der Waals surface area (Å²) in [7, 11) is 1.64. The molecule has 102 valence electrons. The second kappa shape index (κ2) is 7.27. The molecule has 0 aliphatic rings. The number of phenolic OH excluding ortho intramolecular Hbond substituents is 1. The van der Waals surface area contributed by atoms with Crippen LogP contribution in [0.3, 0.4) is 0 Å². The van der Waals surface area contributed by atoms with Gasteiger partial charge < -0.3 is 15.2 Å². The lowest BCUT2D eigenvalue weighted by atomic mass is 10.0. The van der Waals surface area contributed by atoms with Gasteiger partial charge in [0.1, 0.15) is 11.5 Å². The van der Waals surface area contributed by atoms with E-state index in [9.17, 15) is 5.11 Å². The molecule has 0 amide bonds. The molecule has 18 heavy (non-hydrogen) atoms. The molecule has 1 aromatic carbocycles. The van der Waals surface area contributed by atoms with Crippen LogP contribution >= 0.6 is 0 Å². The molecule has 3 nitrogen and oxygen atoms in total. The van der Waals surface area contributed by atoms with E-state index in [-0.39, 0.29) is 6.04 Å². The number of phenols is 1. The standard InChI is InChI=1S/C15H25NO2/c1-5-12(6-2)10-16-11(3)14-9-13(18-4)7-8-15(14)17/h7-9,11-12,16-17H,5-6,10H2,1-4H3. The van der Waals surface area contributed by atoms with Crippen LogP contribution in [0.4, 0.5) is 0 Å². The van der Waals surface area contributed by atoms with Gasteiger partial charge in [0.2, 0.25) is 0 Å². The average Bonchev–Trinajstić information content (AvgIpc) is 2.40. The molecule has 0 saturated carbocycles. The van der Waals surface area contributed by atoms with Crippen LogP contribution in [0.2, 0.25) is 0 Å². The minimum absolute atomic E-state index is 0.126. The number of nitrogens with one attached hydrogen (secondary N) is 1. The summed E-state index contributed by atoms with van der Waals surface area (Å²) >= 11 is 0. The van der Waals surface area contributed by atoms with E-state index >= 15 is 0 Å². The van der Waals surface area contributed by atoms with Gasteiger partial charge in [-0.15, -0.1) is 0 Å². The van der Waals surface area contributed by atoms with Crippen LogP contribution in [0.1, 0.15) is 45.2 Å². The Morgan fingerprint density at radius 2 is 1.94 bits per heavy atom. The highest BCUT2D eigenvalue weighted by Crippen LogP contribution is 2.28. The van der Waals surface area contributed by atoms with Crippen LogP contribution in [0, 0.1) is 5.92 Å². The fraction of sp³-hybridized carbons (Fsp3) is 0.600. The summed E-state index contributed by atoms with van der Waals surface area (Å²) in [6.45, 7) is 7.47. The van der Waals surface area contributed by atoms with E-state index < -0.39 is 0 Å². The van der Waals surface area contributed by atoms with Gasteiger partial charge in [0.05, 0.1) is 7.11 Å². The van der Waals surface area contributed by atoms with E-state index in [1.807, 2.05) is 6.07 Å². The van der Waals surface area contributed by atoms with Gasteiger partial charge in [-0.05, 0) is 37.6 Å². The highest BCUT2D eigenvalue weighted by molar-refractivity contribution is 5.41. The van der Waals surface area contributed by atoms with Crippen LogP contribution in [0.25, 0.3) is 0 Å². The van der Waals surface area contributed by atoms with Gasteiger partial charge in [-0.25, -0.2) is 0 Å². The van der Waals surface area contributed by atoms with Crippen molar-refractivity contribution in [2.45, 2.75) is 39.7 Å². The average molecular weight is 251 g/mol. The van der Waals surface area contributed by atoms with Gasteiger partial charge in [0.25, 0.3) is 0 Å². The van der Waals surface area contributed by atoms with Crippen LogP contribution < -0.4 is 10.1 Å². The van der Waals surface area contributed by atoms with Crippen molar-refractivity contribution in [1.82, 2.24) is 5.32 Å². The summed E-state index contributed by atoms with van der Waals surface area (Å²) in [5, 5.41) is 13.4. The third-order valence-corrected chi connectivity index (χ3v) is 3.57. The number of aromatic hydroxyl groups is 1. The fourth-order valence-electron chi connectivity index (χ4n) is 2.04. The lowest BCUT2D eigenvalue weighted by Crippen LogP contribution is -2.25. The molecule has 0 bridgehead atoms. The monoisotopic (exact) mass is 251 g/mol. The Morgan fingerprint density at radius 3 is 2.50 bits per heavy atom. The first kappa shape index (κ1) is 14.8. The number of hydrogen-bond donors (Lipinski definition) is 2. The Balaban J connectivity index is 2.68. The van der Waals surface area contributed by atoms with Gasteiger partial charge in [-0.2, -0.15) is 0 Å². The van der Waals surface area contributed by atoms with Gasteiger partial charge in [0.15, 0.2) is 0 Å². The molecular formula is C15H25NO2. The Hall–Kier alpha value is -1.22. The zero-order chi connectivity index (χ0) is 13.5. The third kappa shape index (κ3) is 3.91. The molecule has 0 spiro atoms. The Morgan fingerprint density at radius 1 is 1.28 bits per heavy atom. The summed E-state index contributed by atoms with van der Waals surface area (Å²) in [5.41, 5.74) is 0.889. The van der Waals surface area contributed by atoms with Crippen molar-refractivity contribution in [3.63, 3.8) is 0 Å². The number of hydrogen-bond acceptors (Lipinski definition) is 3. The van der Waals surface area contributed by atoms with Crippen molar-refractivity contribution in [2.24, 2.45) is 5.92 Å². The lowest BCUT2D eigenvalue weighted by molar-refractivity contribution is 0.397.